The summed E-state index contributed by atoms with van der Waals surface area (Å²) in [5, 5.41) is 0. The molecule has 0 spiro atoms. The largest absolute Gasteiger partial charge is 0.375 e. The molecule has 0 aromatic heterocycles. The van der Waals surface area contributed by atoms with Crippen LogP contribution < -0.4 is 15.5 Å². The Morgan fingerprint density at radius 2 is 1.20 bits per heavy atom. The van der Waals surface area contributed by atoms with Gasteiger partial charge in [-0.25, -0.2) is 0 Å². The van der Waals surface area contributed by atoms with Crippen molar-refractivity contribution in [3.8, 4) is 0 Å². The summed E-state index contributed by atoms with van der Waals surface area (Å²) in [4.78, 5) is 12.6. The lowest BCUT2D eigenvalue weighted by molar-refractivity contribution is 0.309. The SMILES string of the molecule is C/C=C(\C)N1CCCC1.CC.CCN1CC2(N)CC2(c2ccc(N3CCCC3)cc2)C1.CCN1CC2CC2(c2ccc(N3CCCC3)cc2)C1. The van der Waals surface area contributed by atoms with E-state index in [1.165, 1.54) is 133 Å². The normalized spacial score (nSPS) is 31.3. The van der Waals surface area contributed by atoms with Crippen LogP contribution in [0.1, 0.15) is 104 Å². The van der Waals surface area contributed by atoms with Crippen LogP contribution in [-0.2, 0) is 10.8 Å². The minimum Gasteiger partial charge on any atom is -0.375 e. The molecule has 7 aliphatic rings. The first-order valence-electron chi connectivity index (χ1n) is 20.7. The quantitative estimate of drug-likeness (QED) is 0.321. The number of hydrogen-bond donors (Lipinski definition) is 1. The van der Waals surface area contributed by atoms with Gasteiger partial charge in [-0.2, -0.15) is 0 Å². The summed E-state index contributed by atoms with van der Waals surface area (Å²) >= 11 is 0. The van der Waals surface area contributed by atoms with Gasteiger partial charge in [0.15, 0.2) is 0 Å². The fraction of sp³-hybridized carbons (Fsp3) is 0.682. The molecule has 2 aromatic rings. The van der Waals surface area contributed by atoms with E-state index in [0.717, 1.165) is 25.6 Å². The summed E-state index contributed by atoms with van der Waals surface area (Å²) in [6, 6.07) is 18.8. The smallest absolute Gasteiger partial charge is 0.0404 e. The zero-order chi connectivity index (χ0) is 35.4. The zero-order valence-corrected chi connectivity index (χ0v) is 32.7. The molecule has 4 unspecified atom stereocenters. The van der Waals surface area contributed by atoms with Gasteiger partial charge in [-0.1, -0.05) is 58.0 Å². The van der Waals surface area contributed by atoms with Crippen LogP contribution in [0.25, 0.3) is 0 Å². The van der Waals surface area contributed by atoms with E-state index >= 15 is 0 Å². The number of likely N-dealkylation sites (tertiary alicyclic amines) is 3. The zero-order valence-electron chi connectivity index (χ0n) is 32.7. The molecule has 0 bridgehead atoms. The standard InChI is InChI=1S/C17H25N3.C17H24N2.C8H15N.C2H6/c1-2-19-12-16(11-17(16,18)13-19)14-5-7-15(8-6-14)20-9-3-4-10-20;1-2-18-12-15-11-17(15,13-18)14-5-7-16(8-6-14)19-9-3-4-10-19;1-3-8(2)9-6-4-5-7-9;1-2/h5-8H,2-4,9-13,18H2,1H3;5-8,15H,2-4,9-13H2,1H3;3H,4-7H2,1-2H3;1-2H3/b;;8-3+;. The molecule has 5 aliphatic heterocycles. The molecule has 5 heterocycles. The second-order valence-corrected chi connectivity index (χ2v) is 16.2. The Kier molecular flexibility index (Phi) is 11.9. The summed E-state index contributed by atoms with van der Waals surface area (Å²) in [5.41, 5.74) is 14.7. The van der Waals surface area contributed by atoms with Crippen molar-refractivity contribution in [1.82, 2.24) is 14.7 Å². The minimum atomic E-state index is 0.0399. The average Bonchev–Trinajstić information content (AvgIpc) is 3.76. The van der Waals surface area contributed by atoms with E-state index in [0.29, 0.717) is 5.41 Å². The van der Waals surface area contributed by atoms with Crippen LogP contribution in [0, 0.1) is 5.92 Å². The first-order valence-corrected chi connectivity index (χ1v) is 20.7. The van der Waals surface area contributed by atoms with Crippen LogP contribution in [-0.4, -0.2) is 98.8 Å². The van der Waals surface area contributed by atoms with Gasteiger partial charge in [0.25, 0.3) is 0 Å². The monoisotopic (exact) mass is 683 g/mol. The molecule has 2 saturated carbocycles. The third kappa shape index (κ3) is 7.50. The van der Waals surface area contributed by atoms with Gasteiger partial charge < -0.3 is 30.2 Å². The maximum atomic E-state index is 6.59. The van der Waals surface area contributed by atoms with Gasteiger partial charge in [-0.05, 0) is 120 Å². The predicted octanol–water partition coefficient (Wildman–Crippen LogP) is 7.87. The molecule has 9 rings (SSSR count). The topological polar surface area (TPSA) is 42.2 Å². The first kappa shape index (κ1) is 37.2. The van der Waals surface area contributed by atoms with Crippen LogP contribution in [0.5, 0.6) is 0 Å². The number of hydrogen-bond acceptors (Lipinski definition) is 6. The molecule has 276 valence electrons. The summed E-state index contributed by atoms with van der Waals surface area (Å²) < 4.78 is 0. The highest BCUT2D eigenvalue weighted by atomic mass is 15.2. The van der Waals surface area contributed by atoms with E-state index in [1.807, 2.05) is 13.8 Å². The lowest BCUT2D eigenvalue weighted by Gasteiger charge is -2.21. The number of allylic oxidation sites excluding steroid dienone is 2. The van der Waals surface area contributed by atoms with Crippen molar-refractivity contribution < 1.29 is 0 Å². The molecular formula is C44H70N6. The molecule has 7 fully saturated rings. The van der Waals surface area contributed by atoms with E-state index in [2.05, 4.69) is 107 Å². The van der Waals surface area contributed by atoms with Crippen molar-refractivity contribution in [3.05, 3.63) is 71.4 Å². The second kappa shape index (κ2) is 16.0. The highest BCUT2D eigenvalue weighted by molar-refractivity contribution is 5.54. The Hall–Kier alpha value is -2.54. The summed E-state index contributed by atoms with van der Waals surface area (Å²) in [6.07, 6.45) is 12.9. The maximum Gasteiger partial charge on any atom is 0.0404 e. The number of anilines is 2. The van der Waals surface area contributed by atoms with Gasteiger partial charge in [0, 0.05) is 98.9 Å². The maximum absolute atomic E-state index is 6.59. The van der Waals surface area contributed by atoms with Gasteiger partial charge in [0.05, 0.1) is 0 Å². The number of fused-ring (bicyclic) bond motifs is 2. The molecule has 0 amide bonds. The Morgan fingerprint density at radius 3 is 1.66 bits per heavy atom. The van der Waals surface area contributed by atoms with Crippen LogP contribution in [0.3, 0.4) is 0 Å². The molecule has 6 nitrogen and oxygen atoms in total. The molecule has 50 heavy (non-hydrogen) atoms. The van der Waals surface area contributed by atoms with Crippen LogP contribution in [0.15, 0.2) is 60.3 Å². The fourth-order valence-electron chi connectivity index (χ4n) is 9.93. The summed E-state index contributed by atoms with van der Waals surface area (Å²) in [7, 11) is 0. The van der Waals surface area contributed by atoms with Crippen molar-refractivity contribution in [2.75, 3.05) is 88.3 Å². The molecule has 0 radical (unpaired) electrons. The third-order valence-corrected chi connectivity index (χ3v) is 13.4. The third-order valence-electron chi connectivity index (χ3n) is 13.4. The van der Waals surface area contributed by atoms with Crippen molar-refractivity contribution in [3.63, 3.8) is 0 Å². The molecule has 2 N–H and O–H groups in total. The fourth-order valence-corrected chi connectivity index (χ4v) is 9.93. The highest BCUT2D eigenvalue weighted by Crippen LogP contribution is 2.61. The number of piperidine rings is 2. The minimum absolute atomic E-state index is 0.0399. The van der Waals surface area contributed by atoms with Crippen molar-refractivity contribution >= 4 is 11.4 Å². The van der Waals surface area contributed by atoms with E-state index in [1.54, 1.807) is 5.56 Å². The summed E-state index contributed by atoms with van der Waals surface area (Å²) in [5.74, 6) is 0.935. The number of rotatable bonds is 7. The van der Waals surface area contributed by atoms with Gasteiger partial charge in [0.2, 0.25) is 0 Å². The number of nitrogens with zero attached hydrogens (tertiary/aromatic N) is 5. The van der Waals surface area contributed by atoms with Crippen LogP contribution >= 0.6 is 0 Å². The lowest BCUT2D eigenvalue weighted by atomic mass is 9.93. The first-order chi connectivity index (χ1) is 24.3. The lowest BCUT2D eigenvalue weighted by Crippen LogP contribution is -2.34. The average molecular weight is 683 g/mol. The molecule has 2 aliphatic carbocycles. The van der Waals surface area contributed by atoms with E-state index in [-0.39, 0.29) is 11.0 Å². The highest BCUT2D eigenvalue weighted by Gasteiger charge is 2.70. The van der Waals surface area contributed by atoms with Gasteiger partial charge in [-0.3, -0.25) is 0 Å². The van der Waals surface area contributed by atoms with Crippen molar-refractivity contribution in [1.29, 1.82) is 0 Å². The molecule has 5 saturated heterocycles. The number of benzene rings is 2. The Morgan fingerprint density at radius 1 is 0.700 bits per heavy atom. The Balaban J connectivity index is 0.000000135. The van der Waals surface area contributed by atoms with Crippen molar-refractivity contribution in [2.45, 2.75) is 109 Å². The summed E-state index contributed by atoms with van der Waals surface area (Å²) in [6.45, 7) is 27.4. The molecular weight excluding hydrogens is 613 g/mol. The van der Waals surface area contributed by atoms with E-state index in [4.69, 9.17) is 5.73 Å². The van der Waals surface area contributed by atoms with Crippen molar-refractivity contribution in [2.24, 2.45) is 11.7 Å². The number of likely N-dealkylation sites (N-methyl/N-ethyl adjacent to an activating group) is 2. The van der Waals surface area contributed by atoms with Gasteiger partial charge in [-0.15, -0.1) is 0 Å². The van der Waals surface area contributed by atoms with Crippen LogP contribution in [0.2, 0.25) is 0 Å². The Bertz CT molecular complexity index is 1390. The second-order valence-electron chi connectivity index (χ2n) is 16.2. The van der Waals surface area contributed by atoms with E-state index in [9.17, 15) is 0 Å². The Labute approximate surface area is 306 Å². The molecule has 4 atom stereocenters. The predicted molar refractivity (Wildman–Crippen MR) is 215 cm³/mol. The molecule has 2 aromatic carbocycles. The van der Waals surface area contributed by atoms with E-state index < -0.39 is 0 Å². The number of nitrogens with two attached hydrogens (primary N) is 1. The molecule has 6 heteroatoms. The van der Waals surface area contributed by atoms with Gasteiger partial charge >= 0.3 is 0 Å². The van der Waals surface area contributed by atoms with Crippen LogP contribution in [0.4, 0.5) is 11.4 Å². The van der Waals surface area contributed by atoms with Gasteiger partial charge in [0.1, 0.15) is 0 Å².